The van der Waals surface area contributed by atoms with Crippen LogP contribution in [0.5, 0.6) is 10.8 Å². The normalized spacial score (nSPS) is 10.9. The molecule has 4 aromatic rings. The van der Waals surface area contributed by atoms with Crippen molar-refractivity contribution in [2.24, 2.45) is 0 Å². The van der Waals surface area contributed by atoms with Gasteiger partial charge in [-0.3, -0.25) is 0 Å². The van der Waals surface area contributed by atoms with Crippen molar-refractivity contribution in [3.8, 4) is 10.8 Å². The van der Waals surface area contributed by atoms with E-state index in [0.717, 1.165) is 21.0 Å². The Kier molecular flexibility index (Phi) is 4.94. The van der Waals surface area contributed by atoms with Gasteiger partial charge >= 0.3 is 6.16 Å². The van der Waals surface area contributed by atoms with E-state index in [0.29, 0.717) is 17.4 Å². The first-order valence-electron chi connectivity index (χ1n) is 8.71. The number of ether oxygens (including phenoxy) is 3. The molecule has 0 saturated carbocycles. The molecular formula is C22H18O4S. The first kappa shape index (κ1) is 17.4. The third-order valence-corrected chi connectivity index (χ3v) is 5.19. The molecule has 0 saturated heterocycles. The molecule has 0 fully saturated rings. The summed E-state index contributed by atoms with van der Waals surface area (Å²) < 4.78 is 17.3. The van der Waals surface area contributed by atoms with E-state index in [4.69, 9.17) is 14.2 Å². The lowest BCUT2D eigenvalue weighted by molar-refractivity contribution is 0.104. The van der Waals surface area contributed by atoms with Crippen LogP contribution >= 0.6 is 11.3 Å². The van der Waals surface area contributed by atoms with Gasteiger partial charge in [0.2, 0.25) is 5.06 Å². The van der Waals surface area contributed by atoms with E-state index in [1.54, 1.807) is 6.92 Å². The van der Waals surface area contributed by atoms with Gasteiger partial charge in [0.1, 0.15) is 6.61 Å². The van der Waals surface area contributed by atoms with Crippen LogP contribution in [0.1, 0.15) is 12.5 Å². The molecule has 3 aromatic carbocycles. The molecule has 0 aliphatic heterocycles. The number of hydrogen-bond acceptors (Lipinski definition) is 5. The summed E-state index contributed by atoms with van der Waals surface area (Å²) in [5.41, 5.74) is 1.05. The molecule has 0 spiro atoms. The number of carbonyl (C=O) groups excluding carboxylic acids is 1. The Balaban J connectivity index is 1.62. The zero-order valence-corrected chi connectivity index (χ0v) is 15.6. The molecule has 1 aromatic heterocycles. The third-order valence-electron chi connectivity index (χ3n) is 4.16. The average molecular weight is 378 g/mol. The molecule has 136 valence electrons. The topological polar surface area (TPSA) is 44.8 Å². The highest BCUT2D eigenvalue weighted by molar-refractivity contribution is 7.21. The van der Waals surface area contributed by atoms with Crippen LogP contribution < -0.4 is 9.47 Å². The van der Waals surface area contributed by atoms with Gasteiger partial charge in [-0.15, -0.1) is 0 Å². The summed E-state index contributed by atoms with van der Waals surface area (Å²) in [6, 6.07) is 22.2. The summed E-state index contributed by atoms with van der Waals surface area (Å²) in [7, 11) is 0. The summed E-state index contributed by atoms with van der Waals surface area (Å²) >= 11 is 1.37. The second-order valence-electron chi connectivity index (χ2n) is 5.97. The Hall–Kier alpha value is -3.05. The standard InChI is InChI=1S/C22H18O4S/c1-2-24-22(23)26-21-20(18-9-5-6-10-19(18)27-21)25-14-15-11-12-16-7-3-4-8-17(16)13-15/h3-13H,2,14H2,1H3. The van der Waals surface area contributed by atoms with Gasteiger partial charge in [-0.05, 0) is 41.5 Å². The van der Waals surface area contributed by atoms with Crippen LogP contribution in [0, 0.1) is 0 Å². The minimum atomic E-state index is -0.723. The Morgan fingerprint density at radius 2 is 1.74 bits per heavy atom. The fourth-order valence-corrected chi connectivity index (χ4v) is 3.90. The van der Waals surface area contributed by atoms with Gasteiger partial charge in [0.05, 0.1) is 6.61 Å². The van der Waals surface area contributed by atoms with Crippen molar-refractivity contribution in [2.45, 2.75) is 13.5 Å². The molecule has 0 N–H and O–H groups in total. The van der Waals surface area contributed by atoms with Crippen molar-refractivity contribution >= 4 is 38.4 Å². The van der Waals surface area contributed by atoms with Crippen molar-refractivity contribution in [2.75, 3.05) is 6.61 Å². The number of hydrogen-bond donors (Lipinski definition) is 0. The van der Waals surface area contributed by atoms with Crippen LogP contribution in [-0.2, 0) is 11.3 Å². The highest BCUT2D eigenvalue weighted by Crippen LogP contribution is 2.44. The van der Waals surface area contributed by atoms with Gasteiger partial charge in [0, 0.05) is 10.1 Å². The number of benzene rings is 3. The summed E-state index contributed by atoms with van der Waals surface area (Å²) in [6.45, 7) is 2.38. The van der Waals surface area contributed by atoms with E-state index in [1.165, 1.54) is 16.7 Å². The van der Waals surface area contributed by atoms with Crippen molar-refractivity contribution < 1.29 is 19.0 Å². The van der Waals surface area contributed by atoms with E-state index in [9.17, 15) is 4.79 Å². The zero-order valence-electron chi connectivity index (χ0n) is 14.8. The predicted molar refractivity (Wildman–Crippen MR) is 108 cm³/mol. The Morgan fingerprint density at radius 3 is 2.59 bits per heavy atom. The molecule has 5 heteroatoms. The molecule has 0 radical (unpaired) electrons. The monoisotopic (exact) mass is 378 g/mol. The summed E-state index contributed by atoms with van der Waals surface area (Å²) in [6.07, 6.45) is -0.723. The zero-order chi connectivity index (χ0) is 18.6. The van der Waals surface area contributed by atoms with Gasteiger partial charge in [0.25, 0.3) is 0 Å². The lowest BCUT2D eigenvalue weighted by Gasteiger charge is -2.09. The van der Waals surface area contributed by atoms with E-state index in [2.05, 4.69) is 24.3 Å². The maximum atomic E-state index is 11.8. The van der Waals surface area contributed by atoms with Gasteiger partial charge in [-0.1, -0.05) is 59.9 Å². The fourth-order valence-electron chi connectivity index (χ4n) is 2.91. The highest BCUT2D eigenvalue weighted by atomic mass is 32.1. The van der Waals surface area contributed by atoms with Crippen molar-refractivity contribution in [1.29, 1.82) is 0 Å². The molecule has 0 atom stereocenters. The molecule has 4 rings (SSSR count). The summed E-state index contributed by atoms with van der Waals surface area (Å²) in [4.78, 5) is 11.8. The Bertz CT molecular complexity index is 1100. The summed E-state index contributed by atoms with van der Waals surface area (Å²) in [5, 5.41) is 3.68. The molecule has 4 nitrogen and oxygen atoms in total. The average Bonchev–Trinajstić information content (AvgIpc) is 3.03. The SMILES string of the molecule is CCOC(=O)Oc1sc2ccccc2c1OCc1ccc2ccccc2c1. The second-order valence-corrected chi connectivity index (χ2v) is 6.98. The van der Waals surface area contributed by atoms with Crippen LogP contribution in [0.4, 0.5) is 4.79 Å². The van der Waals surface area contributed by atoms with Crippen LogP contribution in [0.25, 0.3) is 20.9 Å². The molecule has 0 aliphatic carbocycles. The van der Waals surface area contributed by atoms with Gasteiger partial charge in [-0.25, -0.2) is 4.79 Å². The van der Waals surface area contributed by atoms with Gasteiger partial charge in [0.15, 0.2) is 5.75 Å². The molecule has 0 aliphatic rings. The van der Waals surface area contributed by atoms with E-state index in [1.807, 2.05) is 42.5 Å². The fraction of sp³-hybridized carbons (Fsp3) is 0.136. The number of carbonyl (C=O) groups is 1. The number of rotatable bonds is 5. The first-order valence-corrected chi connectivity index (χ1v) is 9.53. The number of thiophene rings is 1. The Labute approximate surface area is 160 Å². The van der Waals surface area contributed by atoms with Crippen LogP contribution in [0.2, 0.25) is 0 Å². The highest BCUT2D eigenvalue weighted by Gasteiger charge is 2.18. The molecular weight excluding hydrogens is 360 g/mol. The van der Waals surface area contributed by atoms with Gasteiger partial charge < -0.3 is 14.2 Å². The van der Waals surface area contributed by atoms with Crippen molar-refractivity contribution in [1.82, 2.24) is 0 Å². The van der Waals surface area contributed by atoms with Crippen molar-refractivity contribution in [3.05, 3.63) is 72.3 Å². The minimum absolute atomic E-state index is 0.261. The quantitative estimate of drug-likeness (QED) is 0.390. The smallest absolute Gasteiger partial charge is 0.483 e. The van der Waals surface area contributed by atoms with E-state index in [-0.39, 0.29) is 6.61 Å². The number of fused-ring (bicyclic) bond motifs is 2. The van der Waals surface area contributed by atoms with Crippen LogP contribution in [0.15, 0.2) is 66.7 Å². The molecule has 0 amide bonds. The second kappa shape index (κ2) is 7.68. The molecule has 0 unspecified atom stereocenters. The predicted octanol–water partition coefficient (Wildman–Crippen LogP) is 6.17. The van der Waals surface area contributed by atoms with E-state index >= 15 is 0 Å². The lowest BCUT2D eigenvalue weighted by atomic mass is 10.1. The van der Waals surface area contributed by atoms with Gasteiger partial charge in [-0.2, -0.15) is 0 Å². The van der Waals surface area contributed by atoms with Crippen molar-refractivity contribution in [3.63, 3.8) is 0 Å². The van der Waals surface area contributed by atoms with E-state index < -0.39 is 6.16 Å². The molecule has 0 bridgehead atoms. The maximum absolute atomic E-state index is 11.8. The van der Waals surface area contributed by atoms with Crippen LogP contribution in [-0.4, -0.2) is 12.8 Å². The minimum Gasteiger partial charge on any atom is -0.483 e. The largest absolute Gasteiger partial charge is 0.514 e. The third kappa shape index (κ3) is 3.73. The van der Waals surface area contributed by atoms with Crippen LogP contribution in [0.3, 0.4) is 0 Å². The maximum Gasteiger partial charge on any atom is 0.514 e. The Morgan fingerprint density at radius 1 is 0.963 bits per heavy atom. The lowest BCUT2D eigenvalue weighted by Crippen LogP contribution is -2.10. The first-order chi connectivity index (χ1) is 13.2. The summed E-state index contributed by atoms with van der Waals surface area (Å²) in [5.74, 6) is 0.566. The molecule has 1 heterocycles. The molecule has 27 heavy (non-hydrogen) atoms.